The lowest BCUT2D eigenvalue weighted by molar-refractivity contribution is 0.0767. The number of benzene rings is 3. The molecule has 7 nitrogen and oxygen atoms in total. The molecular formula is C28H24Cl2N6O. The average molecular weight is 531 g/mol. The van der Waals surface area contributed by atoms with Crippen molar-refractivity contribution in [1.82, 2.24) is 24.5 Å². The predicted octanol–water partition coefficient (Wildman–Crippen LogP) is 5.91. The van der Waals surface area contributed by atoms with Crippen molar-refractivity contribution >= 4 is 51.6 Å². The van der Waals surface area contributed by atoms with Crippen LogP contribution in [-0.2, 0) is 0 Å². The lowest BCUT2D eigenvalue weighted by Gasteiger charge is -2.24. The Morgan fingerprint density at radius 1 is 0.865 bits per heavy atom. The highest BCUT2D eigenvalue weighted by Gasteiger charge is 2.25. The van der Waals surface area contributed by atoms with Gasteiger partial charge in [0.2, 0.25) is 5.95 Å². The molecule has 1 aliphatic heterocycles. The molecule has 6 rings (SSSR count). The third-order valence-electron chi connectivity index (χ3n) is 6.72. The van der Waals surface area contributed by atoms with Crippen molar-refractivity contribution < 1.29 is 4.79 Å². The van der Waals surface area contributed by atoms with E-state index < -0.39 is 0 Å². The molecule has 3 heterocycles. The molecule has 0 spiro atoms. The third kappa shape index (κ3) is 4.49. The van der Waals surface area contributed by atoms with Gasteiger partial charge in [-0.3, -0.25) is 4.79 Å². The maximum Gasteiger partial charge on any atom is 0.253 e. The Balaban J connectivity index is 1.41. The molecule has 0 saturated carbocycles. The number of hydrogen-bond donors (Lipinski definition) is 0. The number of aromatic nitrogens is 4. The van der Waals surface area contributed by atoms with E-state index in [-0.39, 0.29) is 5.91 Å². The first-order valence-electron chi connectivity index (χ1n) is 12.2. The molecule has 0 N–H and O–H groups in total. The second-order valence-electron chi connectivity index (χ2n) is 9.27. The van der Waals surface area contributed by atoms with E-state index in [2.05, 4.69) is 34.2 Å². The van der Waals surface area contributed by atoms with Crippen molar-refractivity contribution in [1.29, 1.82) is 0 Å². The minimum Gasteiger partial charge on any atom is -0.340 e. The van der Waals surface area contributed by atoms with Gasteiger partial charge in [0.05, 0.1) is 5.52 Å². The molecule has 3 aromatic carbocycles. The number of fused-ring (bicyclic) bond motifs is 3. The highest BCUT2D eigenvalue weighted by atomic mass is 35.5. The van der Waals surface area contributed by atoms with Crippen LogP contribution in [0.5, 0.6) is 0 Å². The van der Waals surface area contributed by atoms with Crippen molar-refractivity contribution in [3.63, 3.8) is 0 Å². The van der Waals surface area contributed by atoms with Crippen LogP contribution < -0.4 is 4.90 Å². The van der Waals surface area contributed by atoms with Crippen LogP contribution in [-0.4, -0.2) is 56.6 Å². The number of halogens is 2. The number of aryl methyl sites for hydroxylation is 1. The van der Waals surface area contributed by atoms with Crippen LogP contribution in [0.2, 0.25) is 10.0 Å². The molecule has 186 valence electrons. The molecule has 9 heteroatoms. The monoisotopic (exact) mass is 530 g/mol. The van der Waals surface area contributed by atoms with Crippen LogP contribution >= 0.6 is 23.2 Å². The van der Waals surface area contributed by atoms with Crippen molar-refractivity contribution in [2.75, 3.05) is 31.1 Å². The average Bonchev–Trinajstić information content (AvgIpc) is 3.19. The van der Waals surface area contributed by atoms with Crippen molar-refractivity contribution in [3.05, 3.63) is 87.9 Å². The standard InChI is InChI=1S/C28H24Cl2N6O/c1-18-4-2-5-20(16-18)25-32-33-26-23-11-10-22(30)17-24(23)31-28(36(25)26)35-13-3-12-34(14-15-35)27(37)19-6-8-21(29)9-7-19/h2,4-11,16-17H,3,12-15H2,1H3. The summed E-state index contributed by atoms with van der Waals surface area (Å²) < 4.78 is 2.03. The molecule has 5 aromatic rings. The number of anilines is 1. The van der Waals surface area contributed by atoms with Gasteiger partial charge < -0.3 is 9.80 Å². The van der Waals surface area contributed by atoms with Gasteiger partial charge in [0.25, 0.3) is 5.91 Å². The van der Waals surface area contributed by atoms with Gasteiger partial charge in [-0.1, -0.05) is 47.0 Å². The SMILES string of the molecule is Cc1cccc(-c2nnc3c4ccc(Cl)cc4nc(N4CCCN(C(=O)c5ccc(Cl)cc5)CC4)n23)c1. The Labute approximate surface area is 224 Å². The molecule has 0 unspecified atom stereocenters. The van der Waals surface area contributed by atoms with Gasteiger partial charge in [-0.2, -0.15) is 0 Å². The Morgan fingerprint density at radius 3 is 2.49 bits per heavy atom. The predicted molar refractivity (Wildman–Crippen MR) is 148 cm³/mol. The van der Waals surface area contributed by atoms with E-state index in [4.69, 9.17) is 28.2 Å². The molecule has 1 fully saturated rings. The molecular weight excluding hydrogens is 507 g/mol. The summed E-state index contributed by atoms with van der Waals surface area (Å²) in [5.74, 6) is 1.48. The Kier molecular flexibility index (Phi) is 6.18. The fourth-order valence-electron chi connectivity index (χ4n) is 4.87. The fraction of sp³-hybridized carbons (Fsp3) is 0.214. The summed E-state index contributed by atoms with van der Waals surface area (Å²) in [6.07, 6.45) is 0.804. The van der Waals surface area contributed by atoms with Gasteiger partial charge in [0, 0.05) is 52.7 Å². The number of carbonyl (C=O) groups excluding carboxylic acids is 1. The van der Waals surface area contributed by atoms with Crippen LogP contribution in [0.4, 0.5) is 5.95 Å². The number of rotatable bonds is 3. The Hall–Kier alpha value is -3.68. The molecule has 1 saturated heterocycles. The van der Waals surface area contributed by atoms with Gasteiger partial charge >= 0.3 is 0 Å². The smallest absolute Gasteiger partial charge is 0.253 e. The van der Waals surface area contributed by atoms with Crippen LogP contribution in [0, 0.1) is 6.92 Å². The zero-order valence-electron chi connectivity index (χ0n) is 20.2. The zero-order chi connectivity index (χ0) is 25.5. The summed E-state index contributed by atoms with van der Waals surface area (Å²) in [7, 11) is 0. The molecule has 1 amide bonds. The lowest BCUT2D eigenvalue weighted by Crippen LogP contribution is -2.36. The van der Waals surface area contributed by atoms with E-state index >= 15 is 0 Å². The molecule has 0 radical (unpaired) electrons. The van der Waals surface area contributed by atoms with Crippen LogP contribution in [0.1, 0.15) is 22.3 Å². The van der Waals surface area contributed by atoms with Gasteiger partial charge in [-0.25, -0.2) is 9.38 Å². The van der Waals surface area contributed by atoms with E-state index in [1.54, 1.807) is 24.3 Å². The summed E-state index contributed by atoms with van der Waals surface area (Å²) in [5, 5.41) is 11.3. The second-order valence-corrected chi connectivity index (χ2v) is 10.1. The minimum atomic E-state index is 0.00617. The number of carbonyl (C=O) groups is 1. The Bertz CT molecular complexity index is 1630. The highest BCUT2D eigenvalue weighted by molar-refractivity contribution is 6.31. The summed E-state index contributed by atoms with van der Waals surface area (Å²) in [6, 6.07) is 20.9. The summed E-state index contributed by atoms with van der Waals surface area (Å²) in [4.78, 5) is 22.3. The first-order chi connectivity index (χ1) is 18.0. The summed E-state index contributed by atoms with van der Waals surface area (Å²) >= 11 is 12.3. The van der Waals surface area contributed by atoms with E-state index in [9.17, 15) is 4.79 Å². The molecule has 0 bridgehead atoms. The summed E-state index contributed by atoms with van der Waals surface area (Å²) in [6.45, 7) is 4.65. The van der Waals surface area contributed by atoms with Crippen molar-refractivity contribution in [2.24, 2.45) is 0 Å². The van der Waals surface area contributed by atoms with Crippen LogP contribution in [0.3, 0.4) is 0 Å². The van der Waals surface area contributed by atoms with Gasteiger partial charge in [0.15, 0.2) is 11.5 Å². The molecule has 2 aromatic heterocycles. The molecule has 0 aliphatic carbocycles. The first kappa shape index (κ1) is 23.7. The lowest BCUT2D eigenvalue weighted by atomic mass is 10.1. The maximum atomic E-state index is 13.2. The quantitative estimate of drug-likeness (QED) is 0.290. The number of nitrogens with zero attached hydrogens (tertiary/aromatic N) is 6. The van der Waals surface area contributed by atoms with Crippen molar-refractivity contribution in [3.8, 4) is 11.4 Å². The summed E-state index contributed by atoms with van der Waals surface area (Å²) in [5.41, 5.74) is 4.24. The number of hydrogen-bond acceptors (Lipinski definition) is 5. The van der Waals surface area contributed by atoms with Gasteiger partial charge in [-0.05, 0) is 61.9 Å². The maximum absolute atomic E-state index is 13.2. The van der Waals surface area contributed by atoms with E-state index in [1.165, 1.54) is 0 Å². The van der Waals surface area contributed by atoms with Gasteiger partial charge in [0.1, 0.15) is 0 Å². The fourth-order valence-corrected chi connectivity index (χ4v) is 5.16. The van der Waals surface area contributed by atoms with E-state index in [0.29, 0.717) is 35.2 Å². The Morgan fingerprint density at radius 2 is 1.68 bits per heavy atom. The zero-order valence-corrected chi connectivity index (χ0v) is 21.7. The largest absolute Gasteiger partial charge is 0.340 e. The molecule has 0 atom stereocenters. The van der Waals surface area contributed by atoms with Crippen LogP contribution in [0.25, 0.3) is 27.9 Å². The van der Waals surface area contributed by atoms with E-state index in [0.717, 1.165) is 52.4 Å². The number of amides is 1. The van der Waals surface area contributed by atoms with Gasteiger partial charge in [-0.15, -0.1) is 10.2 Å². The normalized spacial score (nSPS) is 14.4. The van der Waals surface area contributed by atoms with Crippen molar-refractivity contribution in [2.45, 2.75) is 13.3 Å². The topological polar surface area (TPSA) is 66.6 Å². The highest BCUT2D eigenvalue weighted by Crippen LogP contribution is 2.30. The van der Waals surface area contributed by atoms with Crippen LogP contribution in [0.15, 0.2) is 66.7 Å². The van der Waals surface area contributed by atoms with E-state index in [1.807, 2.05) is 39.6 Å². The molecule has 1 aliphatic rings. The first-order valence-corrected chi connectivity index (χ1v) is 12.9. The second kappa shape index (κ2) is 9.65. The minimum absolute atomic E-state index is 0.00617. The third-order valence-corrected chi connectivity index (χ3v) is 7.20. The molecule has 37 heavy (non-hydrogen) atoms.